The lowest BCUT2D eigenvalue weighted by molar-refractivity contribution is -0.107. The Morgan fingerprint density at radius 1 is 1.15 bits per heavy atom. The molecule has 0 unspecified atom stereocenters. The monoisotopic (exact) mass is 179 g/mol. The van der Waals surface area contributed by atoms with E-state index in [0.717, 1.165) is 19.3 Å². The Hall–Kier alpha value is -0.810. The summed E-state index contributed by atoms with van der Waals surface area (Å²) in [5, 5.41) is 0. The number of unbranched alkanes of at least 4 members (excludes halogenated alkanes) is 1. The maximum atomic E-state index is 9.99. The van der Waals surface area contributed by atoms with Crippen LogP contribution in [0, 0.1) is 11.8 Å². The van der Waals surface area contributed by atoms with Crippen LogP contribution in [0.4, 0.5) is 0 Å². The van der Waals surface area contributed by atoms with E-state index in [1.807, 2.05) is 0 Å². The molecular weight excluding hydrogens is 162 g/mol. The third kappa shape index (κ3) is 4.69. The van der Waals surface area contributed by atoms with Crippen LogP contribution >= 0.6 is 0 Å². The molecule has 0 radical (unpaired) electrons. The molecule has 1 fully saturated rings. The largest absolute Gasteiger partial charge is 0.303 e. The Labute approximate surface area is 80.3 Å². The lowest BCUT2D eigenvalue weighted by Crippen LogP contribution is -2.29. The highest BCUT2D eigenvalue weighted by atomic mass is 16.1. The van der Waals surface area contributed by atoms with Crippen molar-refractivity contribution in [2.24, 2.45) is 0 Å². The van der Waals surface area contributed by atoms with Crippen LogP contribution in [0.2, 0.25) is 0 Å². The molecule has 0 aromatic rings. The summed E-state index contributed by atoms with van der Waals surface area (Å²) >= 11 is 0. The van der Waals surface area contributed by atoms with Crippen LogP contribution in [0.3, 0.4) is 0 Å². The molecule has 1 aliphatic heterocycles. The van der Waals surface area contributed by atoms with Crippen LogP contribution in [-0.4, -0.2) is 30.8 Å². The first kappa shape index (κ1) is 10.3. The normalized spacial score (nSPS) is 17.5. The van der Waals surface area contributed by atoms with Gasteiger partial charge in [0.1, 0.15) is 6.29 Å². The highest BCUT2D eigenvalue weighted by Gasteiger charge is 2.07. The van der Waals surface area contributed by atoms with E-state index in [-0.39, 0.29) is 0 Å². The fourth-order valence-corrected chi connectivity index (χ4v) is 1.50. The molecule has 0 N–H and O–H groups in total. The first-order chi connectivity index (χ1) is 6.43. The predicted octanol–water partition coefficient (Wildman–Crippen LogP) is 1.45. The third-order valence-corrected chi connectivity index (χ3v) is 2.26. The number of piperidine rings is 1. The first-order valence-corrected chi connectivity index (χ1v) is 5.05. The van der Waals surface area contributed by atoms with E-state index in [0.29, 0.717) is 6.42 Å². The lowest BCUT2D eigenvalue weighted by Gasteiger charge is -2.23. The molecule has 0 amide bonds. The van der Waals surface area contributed by atoms with Crippen LogP contribution in [0.1, 0.15) is 32.1 Å². The summed E-state index contributed by atoms with van der Waals surface area (Å²) in [7, 11) is 0. The van der Waals surface area contributed by atoms with Gasteiger partial charge in [-0.3, -0.25) is 4.90 Å². The quantitative estimate of drug-likeness (QED) is 0.371. The van der Waals surface area contributed by atoms with E-state index in [1.54, 1.807) is 0 Å². The van der Waals surface area contributed by atoms with Gasteiger partial charge in [-0.05, 0) is 25.9 Å². The maximum absolute atomic E-state index is 9.99. The van der Waals surface area contributed by atoms with Crippen LogP contribution < -0.4 is 0 Å². The van der Waals surface area contributed by atoms with Crippen molar-refractivity contribution in [1.82, 2.24) is 4.90 Å². The minimum atomic E-state index is 0.576. The Morgan fingerprint density at radius 3 is 2.62 bits per heavy atom. The van der Waals surface area contributed by atoms with Crippen molar-refractivity contribution < 1.29 is 4.79 Å². The first-order valence-electron chi connectivity index (χ1n) is 5.05. The second-order valence-electron chi connectivity index (χ2n) is 3.40. The molecule has 0 saturated carbocycles. The van der Waals surface area contributed by atoms with Gasteiger partial charge in [-0.1, -0.05) is 12.3 Å². The number of rotatable bonds is 3. The molecule has 1 saturated heterocycles. The summed E-state index contributed by atoms with van der Waals surface area (Å²) in [6, 6.07) is 0. The van der Waals surface area contributed by atoms with E-state index in [4.69, 9.17) is 0 Å². The van der Waals surface area contributed by atoms with Crippen LogP contribution in [0.5, 0.6) is 0 Å². The van der Waals surface area contributed by atoms with Crippen molar-refractivity contribution in [3.05, 3.63) is 0 Å². The zero-order valence-electron chi connectivity index (χ0n) is 8.09. The van der Waals surface area contributed by atoms with Gasteiger partial charge < -0.3 is 4.79 Å². The van der Waals surface area contributed by atoms with Gasteiger partial charge in [-0.15, -0.1) is 5.92 Å². The van der Waals surface area contributed by atoms with Crippen molar-refractivity contribution in [2.75, 3.05) is 19.6 Å². The molecule has 2 heteroatoms. The number of likely N-dealkylation sites (tertiary alicyclic amines) is 1. The molecule has 1 rings (SSSR count). The summed E-state index contributed by atoms with van der Waals surface area (Å²) in [5.74, 6) is 6.12. The Balaban J connectivity index is 2.07. The summed E-state index contributed by atoms with van der Waals surface area (Å²) in [4.78, 5) is 12.4. The maximum Gasteiger partial charge on any atom is 0.120 e. The van der Waals surface area contributed by atoms with E-state index in [9.17, 15) is 4.79 Å². The zero-order valence-corrected chi connectivity index (χ0v) is 8.09. The molecule has 1 aliphatic rings. The van der Waals surface area contributed by atoms with Crippen molar-refractivity contribution in [3.8, 4) is 11.8 Å². The number of aldehydes is 1. The Morgan fingerprint density at radius 2 is 1.92 bits per heavy atom. The molecule has 0 atom stereocenters. The van der Waals surface area contributed by atoms with Gasteiger partial charge >= 0.3 is 0 Å². The topological polar surface area (TPSA) is 20.3 Å². The van der Waals surface area contributed by atoms with Crippen molar-refractivity contribution in [3.63, 3.8) is 0 Å². The van der Waals surface area contributed by atoms with Crippen LogP contribution in [0.25, 0.3) is 0 Å². The SMILES string of the molecule is O=CCCC#CCN1CCCCC1. The summed E-state index contributed by atoms with van der Waals surface area (Å²) in [6.07, 6.45) is 6.22. The Kier molecular flexibility index (Phi) is 5.28. The van der Waals surface area contributed by atoms with Crippen LogP contribution in [0.15, 0.2) is 0 Å². The van der Waals surface area contributed by atoms with E-state index in [1.165, 1.54) is 32.4 Å². The second kappa shape index (κ2) is 6.68. The summed E-state index contributed by atoms with van der Waals surface area (Å²) < 4.78 is 0. The predicted molar refractivity (Wildman–Crippen MR) is 53.4 cm³/mol. The fraction of sp³-hybridized carbons (Fsp3) is 0.727. The summed E-state index contributed by atoms with van der Waals surface area (Å²) in [6.45, 7) is 3.28. The second-order valence-corrected chi connectivity index (χ2v) is 3.40. The van der Waals surface area contributed by atoms with Gasteiger partial charge in [0.2, 0.25) is 0 Å². The van der Waals surface area contributed by atoms with Gasteiger partial charge in [0.25, 0.3) is 0 Å². The van der Waals surface area contributed by atoms with Crippen molar-refractivity contribution in [2.45, 2.75) is 32.1 Å². The zero-order chi connectivity index (χ0) is 9.36. The van der Waals surface area contributed by atoms with E-state index in [2.05, 4.69) is 16.7 Å². The molecule has 0 spiro atoms. The lowest BCUT2D eigenvalue weighted by atomic mass is 10.1. The smallest absolute Gasteiger partial charge is 0.120 e. The van der Waals surface area contributed by atoms with Crippen molar-refractivity contribution in [1.29, 1.82) is 0 Å². The molecule has 1 heterocycles. The molecule has 2 nitrogen and oxygen atoms in total. The third-order valence-electron chi connectivity index (χ3n) is 2.26. The van der Waals surface area contributed by atoms with Crippen molar-refractivity contribution >= 4 is 6.29 Å². The van der Waals surface area contributed by atoms with Gasteiger partial charge in [-0.2, -0.15) is 0 Å². The van der Waals surface area contributed by atoms with Gasteiger partial charge in [0.05, 0.1) is 6.54 Å². The molecule has 0 bridgehead atoms. The highest BCUT2D eigenvalue weighted by molar-refractivity contribution is 5.49. The number of nitrogens with zero attached hydrogens (tertiary/aromatic N) is 1. The number of hydrogen-bond donors (Lipinski definition) is 0. The van der Waals surface area contributed by atoms with Gasteiger partial charge in [-0.25, -0.2) is 0 Å². The summed E-state index contributed by atoms with van der Waals surface area (Å²) in [5.41, 5.74) is 0. The Bertz CT molecular complexity index is 196. The molecule has 0 aliphatic carbocycles. The average Bonchev–Trinajstić information content (AvgIpc) is 2.19. The minimum Gasteiger partial charge on any atom is -0.303 e. The van der Waals surface area contributed by atoms with E-state index >= 15 is 0 Å². The molecule has 72 valence electrons. The number of carbonyl (C=O) groups excluding carboxylic acids is 1. The molecule has 13 heavy (non-hydrogen) atoms. The average molecular weight is 179 g/mol. The molecule has 0 aromatic heterocycles. The number of hydrogen-bond acceptors (Lipinski definition) is 2. The standard InChI is InChI=1S/C11H17NO/c13-11-7-2-1-4-8-12-9-5-3-6-10-12/h11H,2-3,5-10H2. The molecular formula is C11H17NO. The fourth-order valence-electron chi connectivity index (χ4n) is 1.50. The van der Waals surface area contributed by atoms with Gasteiger partial charge in [0.15, 0.2) is 0 Å². The van der Waals surface area contributed by atoms with E-state index < -0.39 is 0 Å². The van der Waals surface area contributed by atoms with Gasteiger partial charge in [0, 0.05) is 12.8 Å². The molecule has 0 aromatic carbocycles. The number of carbonyl (C=O) groups is 1. The van der Waals surface area contributed by atoms with Crippen LogP contribution in [-0.2, 0) is 4.79 Å². The minimum absolute atomic E-state index is 0.576. The highest BCUT2D eigenvalue weighted by Crippen LogP contribution is 2.07.